The molecule has 0 aromatic heterocycles. The molecule has 9 nitrogen and oxygen atoms in total. The third-order valence-electron chi connectivity index (χ3n) is 4.41. The van der Waals surface area contributed by atoms with E-state index in [1.165, 1.54) is 31.3 Å². The van der Waals surface area contributed by atoms with Crippen LogP contribution in [0.4, 0.5) is 17.1 Å². The molecule has 0 spiro atoms. The summed E-state index contributed by atoms with van der Waals surface area (Å²) in [5, 5.41) is 2.69. The second-order valence-electron chi connectivity index (χ2n) is 6.35. The van der Waals surface area contributed by atoms with E-state index >= 15 is 0 Å². The lowest BCUT2D eigenvalue weighted by atomic mass is 10.2. The number of para-hydroxylation sites is 2. The summed E-state index contributed by atoms with van der Waals surface area (Å²) < 4.78 is 36.3. The smallest absolute Gasteiger partial charge is 0.248 e. The Bertz CT molecular complexity index is 1050. The molecule has 1 aliphatic rings. The van der Waals surface area contributed by atoms with Gasteiger partial charge in [-0.2, -0.15) is 0 Å². The minimum atomic E-state index is -3.83. The number of nitrogens with zero attached hydrogens (tertiary/aromatic N) is 2. The minimum Gasteiger partial charge on any atom is -0.497 e. The Morgan fingerprint density at radius 2 is 1.90 bits per heavy atom. The van der Waals surface area contributed by atoms with Crippen LogP contribution in [0.15, 0.2) is 42.5 Å². The standard InChI is InChI=1S/C19H21N3O6S/c1-27-13-8-9-16(17(10-13)28-2)22(29(3,25)26)12-19(24)21-11-18(23)20-14-6-4-5-7-15(14)21/h4-10H,11-12H2,1-3H3,(H,20,23). The van der Waals surface area contributed by atoms with Crippen LogP contribution < -0.4 is 24.0 Å². The topological polar surface area (TPSA) is 105 Å². The number of anilines is 3. The van der Waals surface area contributed by atoms with E-state index in [-0.39, 0.29) is 23.9 Å². The van der Waals surface area contributed by atoms with Crippen molar-refractivity contribution in [1.82, 2.24) is 0 Å². The second-order valence-corrected chi connectivity index (χ2v) is 8.26. The van der Waals surface area contributed by atoms with Crippen molar-refractivity contribution in [2.24, 2.45) is 0 Å². The fraction of sp³-hybridized carbons (Fsp3) is 0.263. The number of hydrogen-bond donors (Lipinski definition) is 1. The molecule has 0 bridgehead atoms. The molecule has 0 saturated heterocycles. The van der Waals surface area contributed by atoms with Crippen LogP contribution >= 0.6 is 0 Å². The van der Waals surface area contributed by atoms with Crippen molar-refractivity contribution in [2.45, 2.75) is 0 Å². The van der Waals surface area contributed by atoms with E-state index in [4.69, 9.17) is 9.47 Å². The summed E-state index contributed by atoms with van der Waals surface area (Å²) in [7, 11) is -0.958. The first-order chi connectivity index (χ1) is 13.7. The lowest BCUT2D eigenvalue weighted by Gasteiger charge is -2.31. The molecule has 154 valence electrons. The molecule has 2 aromatic rings. The number of hydrogen-bond acceptors (Lipinski definition) is 6. The van der Waals surface area contributed by atoms with Crippen LogP contribution in [-0.2, 0) is 19.6 Å². The van der Waals surface area contributed by atoms with Crippen LogP contribution in [-0.4, -0.2) is 53.8 Å². The first kappa shape index (κ1) is 20.5. The van der Waals surface area contributed by atoms with E-state index < -0.39 is 22.5 Å². The van der Waals surface area contributed by atoms with Crippen molar-refractivity contribution < 1.29 is 27.5 Å². The Labute approximate surface area is 168 Å². The van der Waals surface area contributed by atoms with Gasteiger partial charge in [-0.05, 0) is 24.3 Å². The first-order valence-corrected chi connectivity index (χ1v) is 10.5. The van der Waals surface area contributed by atoms with E-state index in [1.807, 2.05) is 0 Å². The number of fused-ring (bicyclic) bond motifs is 1. The van der Waals surface area contributed by atoms with Crippen LogP contribution in [0.5, 0.6) is 11.5 Å². The summed E-state index contributed by atoms with van der Waals surface area (Å²) in [5.74, 6) is -0.188. The molecule has 10 heteroatoms. The molecule has 0 unspecified atom stereocenters. The number of benzene rings is 2. The Hall–Kier alpha value is -3.27. The molecular weight excluding hydrogens is 398 g/mol. The first-order valence-electron chi connectivity index (χ1n) is 8.63. The molecule has 0 fully saturated rings. The lowest BCUT2D eigenvalue weighted by Crippen LogP contribution is -2.47. The molecular formula is C19H21N3O6S. The number of nitrogens with one attached hydrogen (secondary N) is 1. The van der Waals surface area contributed by atoms with E-state index in [9.17, 15) is 18.0 Å². The highest BCUT2D eigenvalue weighted by Crippen LogP contribution is 2.34. The number of ether oxygens (including phenoxy) is 2. The molecule has 0 radical (unpaired) electrons. The van der Waals surface area contributed by atoms with Gasteiger partial charge >= 0.3 is 0 Å². The highest BCUT2D eigenvalue weighted by atomic mass is 32.2. The Morgan fingerprint density at radius 3 is 2.55 bits per heavy atom. The van der Waals surface area contributed by atoms with Gasteiger partial charge in [-0.3, -0.25) is 18.8 Å². The lowest BCUT2D eigenvalue weighted by molar-refractivity contribution is -0.121. The van der Waals surface area contributed by atoms with Gasteiger partial charge in [0.05, 0.1) is 37.5 Å². The number of amides is 2. The summed E-state index contributed by atoms with van der Waals surface area (Å²) in [6.07, 6.45) is 1.00. The van der Waals surface area contributed by atoms with Crippen molar-refractivity contribution in [3.63, 3.8) is 0 Å². The number of rotatable bonds is 6. The van der Waals surface area contributed by atoms with E-state index in [0.29, 0.717) is 17.1 Å². The van der Waals surface area contributed by atoms with E-state index in [1.54, 1.807) is 30.3 Å². The van der Waals surface area contributed by atoms with Crippen molar-refractivity contribution in [3.05, 3.63) is 42.5 Å². The minimum absolute atomic E-state index is 0.193. The summed E-state index contributed by atoms with van der Waals surface area (Å²) >= 11 is 0. The van der Waals surface area contributed by atoms with Gasteiger partial charge in [0.25, 0.3) is 0 Å². The largest absolute Gasteiger partial charge is 0.497 e. The molecule has 1 aliphatic heterocycles. The van der Waals surface area contributed by atoms with Gasteiger partial charge in [0.1, 0.15) is 24.6 Å². The van der Waals surface area contributed by atoms with Crippen molar-refractivity contribution in [3.8, 4) is 11.5 Å². The Morgan fingerprint density at radius 1 is 1.17 bits per heavy atom. The number of carbonyl (C=O) groups excluding carboxylic acids is 2. The van der Waals surface area contributed by atoms with Crippen LogP contribution in [0.2, 0.25) is 0 Å². The van der Waals surface area contributed by atoms with E-state index in [0.717, 1.165) is 10.6 Å². The molecule has 0 aliphatic carbocycles. The van der Waals surface area contributed by atoms with Crippen LogP contribution in [0, 0.1) is 0 Å². The zero-order valence-electron chi connectivity index (χ0n) is 16.2. The predicted molar refractivity (Wildman–Crippen MR) is 109 cm³/mol. The molecule has 1 heterocycles. The van der Waals surface area contributed by atoms with Gasteiger partial charge in [-0.25, -0.2) is 8.42 Å². The number of carbonyl (C=O) groups is 2. The predicted octanol–water partition coefficient (Wildman–Crippen LogP) is 1.46. The maximum absolute atomic E-state index is 13.0. The highest BCUT2D eigenvalue weighted by molar-refractivity contribution is 7.92. The van der Waals surface area contributed by atoms with Gasteiger partial charge in [0.15, 0.2) is 0 Å². The third-order valence-corrected chi connectivity index (χ3v) is 5.53. The van der Waals surface area contributed by atoms with E-state index in [2.05, 4.69) is 5.32 Å². The summed E-state index contributed by atoms with van der Waals surface area (Å²) in [4.78, 5) is 26.3. The molecule has 3 rings (SSSR count). The molecule has 29 heavy (non-hydrogen) atoms. The maximum atomic E-state index is 13.0. The maximum Gasteiger partial charge on any atom is 0.248 e. The summed E-state index contributed by atoms with van der Waals surface area (Å²) in [5.41, 5.74) is 1.19. The molecule has 0 atom stereocenters. The summed E-state index contributed by atoms with van der Waals surface area (Å²) in [6, 6.07) is 11.4. The molecule has 1 N–H and O–H groups in total. The summed E-state index contributed by atoms with van der Waals surface area (Å²) in [6.45, 7) is -0.698. The number of sulfonamides is 1. The fourth-order valence-corrected chi connectivity index (χ4v) is 3.89. The molecule has 2 aromatic carbocycles. The second kappa shape index (κ2) is 8.00. The van der Waals surface area contributed by atoms with Crippen molar-refractivity contribution >= 4 is 38.9 Å². The highest BCUT2D eigenvalue weighted by Gasteiger charge is 2.31. The fourth-order valence-electron chi connectivity index (χ4n) is 3.04. The third kappa shape index (κ3) is 4.27. The van der Waals surface area contributed by atoms with Crippen molar-refractivity contribution in [2.75, 3.05) is 48.1 Å². The van der Waals surface area contributed by atoms with Gasteiger partial charge in [-0.1, -0.05) is 12.1 Å². The zero-order chi connectivity index (χ0) is 21.2. The van der Waals surface area contributed by atoms with Gasteiger partial charge in [0.2, 0.25) is 21.8 Å². The SMILES string of the molecule is COc1ccc(N(CC(=O)N2CC(=O)Nc3ccccc32)S(C)(=O)=O)c(OC)c1. The average Bonchev–Trinajstić information content (AvgIpc) is 2.69. The molecule has 0 saturated carbocycles. The average molecular weight is 419 g/mol. The zero-order valence-corrected chi connectivity index (χ0v) is 17.0. The quantitative estimate of drug-likeness (QED) is 0.760. The van der Waals surface area contributed by atoms with Crippen LogP contribution in [0.25, 0.3) is 0 Å². The van der Waals surface area contributed by atoms with Gasteiger partial charge in [0, 0.05) is 6.07 Å². The molecule has 2 amide bonds. The van der Waals surface area contributed by atoms with Crippen LogP contribution in [0.1, 0.15) is 0 Å². The van der Waals surface area contributed by atoms with Crippen LogP contribution in [0.3, 0.4) is 0 Å². The Balaban J connectivity index is 1.97. The normalized spacial score (nSPS) is 13.3. The van der Waals surface area contributed by atoms with Crippen molar-refractivity contribution in [1.29, 1.82) is 0 Å². The monoisotopic (exact) mass is 419 g/mol. The van der Waals surface area contributed by atoms with Gasteiger partial charge < -0.3 is 14.8 Å². The van der Waals surface area contributed by atoms with Gasteiger partial charge in [-0.15, -0.1) is 0 Å². The Kier molecular flexibility index (Phi) is 5.64. The number of methoxy groups -OCH3 is 2.